The highest BCUT2D eigenvalue weighted by Gasteiger charge is 2.19. The Bertz CT molecular complexity index is 637. The highest BCUT2D eigenvalue weighted by molar-refractivity contribution is 14.1. The largest absolute Gasteiger partial charge is 0.313 e. The maximum Gasteiger partial charge on any atom is 0.0738 e. The van der Waals surface area contributed by atoms with Gasteiger partial charge in [0.1, 0.15) is 0 Å². The van der Waals surface area contributed by atoms with Crippen molar-refractivity contribution in [2.24, 2.45) is 0 Å². The Morgan fingerprint density at radius 3 is 2.71 bits per heavy atom. The first-order valence-electron chi connectivity index (χ1n) is 7.13. The summed E-state index contributed by atoms with van der Waals surface area (Å²) in [5, 5.41) is 8.05. The number of benzene rings is 1. The monoisotopic (exact) mass is 461 g/mol. The van der Waals surface area contributed by atoms with Crippen LogP contribution in [0.5, 0.6) is 0 Å². The Kier molecular flexibility index (Phi) is 5.85. The van der Waals surface area contributed by atoms with Gasteiger partial charge in [-0.25, -0.2) is 0 Å². The molecule has 0 radical (unpaired) electrons. The first-order chi connectivity index (χ1) is 9.99. The lowest BCUT2D eigenvalue weighted by molar-refractivity contribution is 0.538. The molecular weight excluding hydrogens is 441 g/mol. The van der Waals surface area contributed by atoms with Gasteiger partial charge < -0.3 is 5.32 Å². The van der Waals surface area contributed by atoms with Gasteiger partial charge in [-0.05, 0) is 77.5 Å². The Morgan fingerprint density at radius 1 is 1.38 bits per heavy atom. The van der Waals surface area contributed by atoms with Crippen molar-refractivity contribution >= 4 is 38.5 Å². The predicted octanol–water partition coefficient (Wildman–Crippen LogP) is 4.39. The van der Waals surface area contributed by atoms with Gasteiger partial charge in [-0.1, -0.05) is 18.2 Å². The maximum atomic E-state index is 4.59. The molecule has 3 nitrogen and oxygen atoms in total. The summed E-state index contributed by atoms with van der Waals surface area (Å²) in [5.41, 5.74) is 4.99. The minimum atomic E-state index is 0.287. The zero-order valence-corrected chi connectivity index (χ0v) is 16.6. The molecule has 1 heterocycles. The van der Waals surface area contributed by atoms with Crippen molar-refractivity contribution in [2.75, 3.05) is 7.05 Å². The van der Waals surface area contributed by atoms with E-state index in [1.807, 2.05) is 14.0 Å². The highest BCUT2D eigenvalue weighted by Crippen LogP contribution is 2.29. The first kappa shape index (κ1) is 17.0. The molecule has 0 bridgehead atoms. The van der Waals surface area contributed by atoms with Gasteiger partial charge >= 0.3 is 0 Å². The molecule has 0 aliphatic rings. The number of rotatable bonds is 5. The molecule has 1 atom stereocenters. The van der Waals surface area contributed by atoms with E-state index in [1.54, 1.807) is 0 Å². The fraction of sp³-hybridized carbons (Fsp3) is 0.438. The quantitative estimate of drug-likeness (QED) is 0.669. The van der Waals surface area contributed by atoms with Gasteiger partial charge in [0.15, 0.2) is 0 Å². The lowest BCUT2D eigenvalue weighted by Crippen LogP contribution is -2.22. The molecule has 5 heteroatoms. The second-order valence-electron chi connectivity index (χ2n) is 5.19. The third-order valence-electron chi connectivity index (χ3n) is 3.80. The molecular formula is C16H21BrIN3. The third kappa shape index (κ3) is 3.51. The zero-order chi connectivity index (χ0) is 15.6. The molecule has 0 spiro atoms. The molecule has 0 fully saturated rings. The van der Waals surface area contributed by atoms with Crippen molar-refractivity contribution in [3.63, 3.8) is 0 Å². The van der Waals surface area contributed by atoms with E-state index in [2.05, 4.69) is 85.7 Å². The van der Waals surface area contributed by atoms with Crippen molar-refractivity contribution in [3.05, 3.63) is 48.8 Å². The van der Waals surface area contributed by atoms with Crippen molar-refractivity contribution in [3.8, 4) is 0 Å². The molecule has 1 unspecified atom stereocenters. The van der Waals surface area contributed by atoms with E-state index in [1.165, 1.54) is 20.4 Å². The summed E-state index contributed by atoms with van der Waals surface area (Å²) >= 11 is 6.14. The van der Waals surface area contributed by atoms with E-state index in [-0.39, 0.29) is 6.04 Å². The second kappa shape index (κ2) is 7.24. The number of halogens is 2. The van der Waals surface area contributed by atoms with Crippen LogP contribution in [-0.4, -0.2) is 16.8 Å². The molecule has 1 N–H and O–H groups in total. The zero-order valence-electron chi connectivity index (χ0n) is 12.9. The van der Waals surface area contributed by atoms with Crippen LogP contribution in [0.4, 0.5) is 0 Å². The molecule has 2 rings (SSSR count). The Balaban J connectivity index is 2.38. The SMILES string of the molecule is CCn1nc(C)c(Br)c1CC(NC)c1cccc(C)c1I. The lowest BCUT2D eigenvalue weighted by Gasteiger charge is -2.20. The van der Waals surface area contributed by atoms with Crippen LogP contribution < -0.4 is 5.32 Å². The number of likely N-dealkylation sites (N-methyl/N-ethyl adjacent to an activating group) is 1. The Morgan fingerprint density at radius 2 is 2.10 bits per heavy atom. The summed E-state index contributed by atoms with van der Waals surface area (Å²) in [6.45, 7) is 7.23. The van der Waals surface area contributed by atoms with E-state index in [0.717, 1.165) is 23.1 Å². The van der Waals surface area contributed by atoms with Crippen LogP contribution in [0.25, 0.3) is 0 Å². The van der Waals surface area contributed by atoms with Gasteiger partial charge in [0.25, 0.3) is 0 Å². The molecule has 0 aliphatic carbocycles. The first-order valence-corrected chi connectivity index (χ1v) is 9.00. The number of aromatic nitrogens is 2. The van der Waals surface area contributed by atoms with Gasteiger partial charge in [0.05, 0.1) is 15.9 Å². The standard InChI is InChI=1S/C16H21BrIN3/c1-5-21-14(15(17)11(3)20-21)9-13(19-4)12-8-6-7-10(2)16(12)18/h6-8,13,19H,5,9H2,1-4H3. The van der Waals surface area contributed by atoms with Crippen LogP contribution in [0.2, 0.25) is 0 Å². The van der Waals surface area contributed by atoms with Gasteiger partial charge in [-0.3, -0.25) is 4.68 Å². The summed E-state index contributed by atoms with van der Waals surface area (Å²) in [5.74, 6) is 0. The molecule has 0 amide bonds. The predicted molar refractivity (Wildman–Crippen MR) is 99.7 cm³/mol. The Labute approximate surface area is 148 Å². The topological polar surface area (TPSA) is 29.9 Å². The summed E-state index contributed by atoms with van der Waals surface area (Å²) in [4.78, 5) is 0. The fourth-order valence-electron chi connectivity index (χ4n) is 2.56. The summed E-state index contributed by atoms with van der Waals surface area (Å²) in [6.07, 6.45) is 0.922. The number of nitrogens with one attached hydrogen (secondary N) is 1. The third-order valence-corrected chi connectivity index (χ3v) is 6.30. The van der Waals surface area contributed by atoms with Crippen molar-refractivity contribution in [1.82, 2.24) is 15.1 Å². The van der Waals surface area contributed by atoms with Crippen LogP contribution in [0.15, 0.2) is 22.7 Å². The molecule has 21 heavy (non-hydrogen) atoms. The van der Waals surface area contributed by atoms with E-state index < -0.39 is 0 Å². The number of hydrogen-bond donors (Lipinski definition) is 1. The van der Waals surface area contributed by atoms with Crippen LogP contribution >= 0.6 is 38.5 Å². The smallest absolute Gasteiger partial charge is 0.0738 e. The number of hydrogen-bond acceptors (Lipinski definition) is 2. The fourth-order valence-corrected chi connectivity index (χ4v) is 3.75. The summed E-state index contributed by atoms with van der Waals surface area (Å²) < 4.78 is 4.56. The van der Waals surface area contributed by atoms with E-state index in [4.69, 9.17) is 0 Å². The van der Waals surface area contributed by atoms with Crippen LogP contribution in [-0.2, 0) is 13.0 Å². The van der Waals surface area contributed by atoms with E-state index in [9.17, 15) is 0 Å². The normalized spacial score (nSPS) is 12.7. The minimum absolute atomic E-state index is 0.287. The maximum absolute atomic E-state index is 4.59. The molecule has 0 saturated heterocycles. The van der Waals surface area contributed by atoms with Crippen LogP contribution in [0.1, 0.15) is 35.5 Å². The molecule has 0 saturated carbocycles. The number of aryl methyl sites for hydroxylation is 3. The van der Waals surface area contributed by atoms with Gasteiger partial charge in [-0.15, -0.1) is 0 Å². The number of nitrogens with zero attached hydrogens (tertiary/aromatic N) is 2. The minimum Gasteiger partial charge on any atom is -0.313 e. The van der Waals surface area contributed by atoms with Crippen molar-refractivity contribution in [1.29, 1.82) is 0 Å². The summed E-state index contributed by atoms with van der Waals surface area (Å²) in [7, 11) is 2.02. The van der Waals surface area contributed by atoms with E-state index in [0.29, 0.717) is 0 Å². The van der Waals surface area contributed by atoms with Gasteiger partial charge in [0.2, 0.25) is 0 Å². The molecule has 2 aromatic rings. The summed E-state index contributed by atoms with van der Waals surface area (Å²) in [6, 6.07) is 6.79. The Hall–Kier alpha value is -0.400. The van der Waals surface area contributed by atoms with Crippen molar-refractivity contribution in [2.45, 2.75) is 39.8 Å². The average molecular weight is 462 g/mol. The molecule has 114 valence electrons. The van der Waals surface area contributed by atoms with Crippen LogP contribution in [0, 0.1) is 17.4 Å². The lowest BCUT2D eigenvalue weighted by atomic mass is 10.00. The molecule has 0 aliphatic heterocycles. The molecule has 1 aromatic heterocycles. The van der Waals surface area contributed by atoms with Crippen molar-refractivity contribution < 1.29 is 0 Å². The van der Waals surface area contributed by atoms with Gasteiger partial charge in [-0.2, -0.15) is 5.10 Å². The van der Waals surface area contributed by atoms with Crippen LogP contribution in [0.3, 0.4) is 0 Å². The van der Waals surface area contributed by atoms with E-state index >= 15 is 0 Å². The molecule has 1 aromatic carbocycles. The highest BCUT2D eigenvalue weighted by atomic mass is 127. The average Bonchev–Trinajstić information content (AvgIpc) is 2.75. The second-order valence-corrected chi connectivity index (χ2v) is 7.06. The van der Waals surface area contributed by atoms with Gasteiger partial charge in [0, 0.05) is 22.6 Å².